The smallest absolute Gasteiger partial charge is 0.134 e. The molecule has 0 radical (unpaired) electrons. The van der Waals surface area contributed by atoms with Gasteiger partial charge in [-0.25, -0.2) is 9.37 Å². The number of nitrogens with two attached hydrogens (primary N) is 1. The topological polar surface area (TPSA) is 71.2 Å². The summed E-state index contributed by atoms with van der Waals surface area (Å²) in [7, 11) is 0. The second-order valence-corrected chi connectivity index (χ2v) is 3.40. The molecule has 0 fully saturated rings. The number of fused-ring (bicyclic) bond motifs is 1. The maximum absolute atomic E-state index is 13.2. The van der Waals surface area contributed by atoms with E-state index in [4.69, 9.17) is 10.8 Å². The predicted molar refractivity (Wildman–Crippen MR) is 61.7 cm³/mol. The average Bonchev–Trinajstić information content (AvgIpc) is 2.26. The molecule has 1 aromatic heterocycles. The molecular weight excluding hydrogens is 209 g/mol. The molecule has 4 nitrogen and oxygen atoms in total. The van der Waals surface area contributed by atoms with Crippen LogP contribution < -0.4 is 11.1 Å². The van der Waals surface area contributed by atoms with E-state index in [9.17, 15) is 4.39 Å². The number of aliphatic hydroxyl groups excluding tert-OH is 1. The zero-order valence-electron chi connectivity index (χ0n) is 8.57. The van der Waals surface area contributed by atoms with Gasteiger partial charge in [-0.2, -0.15) is 0 Å². The number of pyridine rings is 1. The summed E-state index contributed by atoms with van der Waals surface area (Å²) in [5, 5.41) is 13.0. The highest BCUT2D eigenvalue weighted by atomic mass is 19.1. The summed E-state index contributed by atoms with van der Waals surface area (Å²) in [6.07, 6.45) is 1.59. The Hall–Kier alpha value is -1.88. The number of aromatic nitrogens is 1. The van der Waals surface area contributed by atoms with Gasteiger partial charge in [-0.1, -0.05) is 0 Å². The van der Waals surface area contributed by atoms with E-state index < -0.39 is 5.82 Å². The van der Waals surface area contributed by atoms with Crippen molar-refractivity contribution >= 4 is 22.3 Å². The van der Waals surface area contributed by atoms with Crippen LogP contribution in [0.5, 0.6) is 0 Å². The highest BCUT2D eigenvalue weighted by molar-refractivity contribution is 5.99. The number of benzene rings is 1. The molecule has 0 aliphatic rings. The lowest BCUT2D eigenvalue weighted by atomic mass is 10.1. The Balaban J connectivity index is 2.57. The molecule has 0 bridgehead atoms. The first-order valence-electron chi connectivity index (χ1n) is 4.91. The van der Waals surface area contributed by atoms with Crippen molar-refractivity contribution in [2.45, 2.75) is 0 Å². The van der Waals surface area contributed by atoms with Crippen LogP contribution in [0.4, 0.5) is 15.9 Å². The minimum Gasteiger partial charge on any atom is -0.398 e. The summed E-state index contributed by atoms with van der Waals surface area (Å²) < 4.78 is 13.2. The van der Waals surface area contributed by atoms with Crippen LogP contribution in [0.1, 0.15) is 0 Å². The molecule has 0 spiro atoms. The maximum Gasteiger partial charge on any atom is 0.134 e. The summed E-state index contributed by atoms with van der Waals surface area (Å²) in [4.78, 5) is 4.08. The molecule has 2 rings (SSSR count). The van der Waals surface area contributed by atoms with E-state index >= 15 is 0 Å². The summed E-state index contributed by atoms with van der Waals surface area (Å²) in [5.41, 5.74) is 6.09. The fraction of sp³-hybridized carbons (Fsp3) is 0.182. The second-order valence-electron chi connectivity index (χ2n) is 3.40. The van der Waals surface area contributed by atoms with Gasteiger partial charge in [0, 0.05) is 29.2 Å². The second kappa shape index (κ2) is 4.32. The predicted octanol–water partition coefficient (Wildman–Crippen LogP) is 1.36. The van der Waals surface area contributed by atoms with Crippen LogP contribution in [0.15, 0.2) is 24.4 Å². The van der Waals surface area contributed by atoms with Gasteiger partial charge >= 0.3 is 0 Å². The van der Waals surface area contributed by atoms with Gasteiger partial charge in [0.15, 0.2) is 0 Å². The van der Waals surface area contributed by atoms with E-state index in [-0.39, 0.29) is 6.61 Å². The van der Waals surface area contributed by atoms with Crippen molar-refractivity contribution in [3.05, 3.63) is 30.2 Å². The lowest BCUT2D eigenvalue weighted by molar-refractivity contribution is 0.311. The fourth-order valence-electron chi connectivity index (χ4n) is 1.59. The number of nitrogens with zero attached hydrogens (tertiary/aromatic N) is 1. The Bertz CT molecular complexity index is 516. The Morgan fingerprint density at radius 2 is 2.19 bits per heavy atom. The van der Waals surface area contributed by atoms with Gasteiger partial charge in [-0.15, -0.1) is 0 Å². The Labute approximate surface area is 91.9 Å². The van der Waals surface area contributed by atoms with Crippen molar-refractivity contribution in [2.24, 2.45) is 0 Å². The summed E-state index contributed by atoms with van der Waals surface area (Å²) in [5.74, 6) is 0.128. The minimum absolute atomic E-state index is 0.0110. The van der Waals surface area contributed by atoms with Gasteiger partial charge in [0.25, 0.3) is 0 Å². The van der Waals surface area contributed by atoms with E-state index in [0.29, 0.717) is 23.4 Å². The number of rotatable bonds is 3. The summed E-state index contributed by atoms with van der Waals surface area (Å²) >= 11 is 0. The first-order chi connectivity index (χ1) is 7.72. The van der Waals surface area contributed by atoms with Gasteiger partial charge in [-0.05, 0) is 18.2 Å². The lowest BCUT2D eigenvalue weighted by Crippen LogP contribution is -2.07. The van der Waals surface area contributed by atoms with Crippen molar-refractivity contribution in [3.8, 4) is 0 Å². The van der Waals surface area contributed by atoms with Crippen LogP contribution >= 0.6 is 0 Å². The molecule has 0 amide bonds. The van der Waals surface area contributed by atoms with E-state index in [2.05, 4.69) is 10.3 Å². The van der Waals surface area contributed by atoms with Crippen molar-refractivity contribution in [2.75, 3.05) is 24.2 Å². The third kappa shape index (κ3) is 1.90. The average molecular weight is 221 g/mol. The summed E-state index contributed by atoms with van der Waals surface area (Å²) in [6.45, 7) is 0.353. The molecule has 0 aliphatic carbocycles. The van der Waals surface area contributed by atoms with E-state index in [0.717, 1.165) is 5.39 Å². The molecule has 1 aromatic carbocycles. The molecule has 2 aromatic rings. The molecule has 16 heavy (non-hydrogen) atoms. The van der Waals surface area contributed by atoms with Crippen LogP contribution in [0, 0.1) is 5.82 Å². The van der Waals surface area contributed by atoms with Crippen molar-refractivity contribution in [3.63, 3.8) is 0 Å². The molecule has 5 heteroatoms. The van der Waals surface area contributed by atoms with Crippen LogP contribution in [-0.2, 0) is 0 Å². The third-order valence-electron chi connectivity index (χ3n) is 2.28. The maximum atomic E-state index is 13.2. The molecular formula is C11H12FN3O. The van der Waals surface area contributed by atoms with Crippen molar-refractivity contribution in [1.82, 2.24) is 4.98 Å². The third-order valence-corrected chi connectivity index (χ3v) is 2.28. The largest absolute Gasteiger partial charge is 0.398 e. The van der Waals surface area contributed by atoms with Crippen LogP contribution in [-0.4, -0.2) is 23.2 Å². The van der Waals surface area contributed by atoms with Gasteiger partial charge in [0.1, 0.15) is 11.6 Å². The molecule has 4 N–H and O–H groups in total. The van der Waals surface area contributed by atoms with Gasteiger partial charge in [0.05, 0.1) is 6.61 Å². The van der Waals surface area contributed by atoms with Crippen LogP contribution in [0.25, 0.3) is 10.8 Å². The first-order valence-corrected chi connectivity index (χ1v) is 4.91. The molecule has 1 heterocycles. The fourth-order valence-corrected chi connectivity index (χ4v) is 1.59. The van der Waals surface area contributed by atoms with Gasteiger partial charge in [-0.3, -0.25) is 0 Å². The number of anilines is 2. The minimum atomic E-state index is -0.398. The zero-order chi connectivity index (χ0) is 11.5. The quantitative estimate of drug-likeness (QED) is 0.684. The van der Waals surface area contributed by atoms with Gasteiger partial charge in [0.2, 0.25) is 0 Å². The molecule has 0 aliphatic heterocycles. The SMILES string of the molecule is Nc1cc(F)cc2c(NCCO)nccc12. The number of halogens is 1. The Kier molecular flexibility index (Phi) is 2.87. The standard InChI is InChI=1S/C11H12FN3O/c12-7-5-9-8(10(13)6-7)1-2-14-11(9)15-3-4-16/h1-2,5-6,16H,3-4,13H2,(H,14,15). The van der Waals surface area contributed by atoms with E-state index in [1.165, 1.54) is 12.1 Å². The first kappa shape index (κ1) is 10.6. The van der Waals surface area contributed by atoms with E-state index in [1.54, 1.807) is 12.3 Å². The van der Waals surface area contributed by atoms with E-state index in [1.807, 2.05) is 0 Å². The van der Waals surface area contributed by atoms with Crippen molar-refractivity contribution in [1.29, 1.82) is 0 Å². The molecule has 0 unspecified atom stereocenters. The monoisotopic (exact) mass is 221 g/mol. The zero-order valence-corrected chi connectivity index (χ0v) is 8.57. The molecule has 84 valence electrons. The number of aliphatic hydroxyl groups is 1. The molecule has 0 atom stereocenters. The lowest BCUT2D eigenvalue weighted by Gasteiger charge is -2.09. The summed E-state index contributed by atoms with van der Waals surface area (Å²) in [6, 6.07) is 4.38. The Morgan fingerprint density at radius 3 is 2.94 bits per heavy atom. The highest BCUT2D eigenvalue weighted by Gasteiger charge is 2.06. The molecule has 0 saturated heterocycles. The normalized spacial score (nSPS) is 10.6. The van der Waals surface area contributed by atoms with Gasteiger partial charge < -0.3 is 16.2 Å². The Morgan fingerprint density at radius 1 is 1.38 bits per heavy atom. The highest BCUT2D eigenvalue weighted by Crippen LogP contribution is 2.26. The number of nitrogens with one attached hydrogen (secondary N) is 1. The number of hydrogen-bond acceptors (Lipinski definition) is 4. The van der Waals surface area contributed by atoms with Crippen molar-refractivity contribution < 1.29 is 9.50 Å². The number of nitrogen functional groups attached to an aromatic ring is 1. The number of hydrogen-bond donors (Lipinski definition) is 3. The van der Waals surface area contributed by atoms with Crippen LogP contribution in [0.3, 0.4) is 0 Å². The van der Waals surface area contributed by atoms with Crippen LogP contribution in [0.2, 0.25) is 0 Å². The molecule has 0 saturated carbocycles.